The molecule has 0 aliphatic heterocycles. The van der Waals surface area contributed by atoms with E-state index in [9.17, 15) is 13.2 Å². The molecule has 0 aromatic heterocycles. The van der Waals surface area contributed by atoms with Crippen LogP contribution in [0.4, 0.5) is 0 Å². The molecule has 0 spiro atoms. The van der Waals surface area contributed by atoms with Crippen molar-refractivity contribution in [3.63, 3.8) is 0 Å². The molecule has 0 radical (unpaired) electrons. The Hall–Kier alpha value is -1.85. The molecule has 4 nitrogen and oxygen atoms in total. The second-order valence-corrected chi connectivity index (χ2v) is 6.29. The van der Waals surface area contributed by atoms with Gasteiger partial charge in [0, 0.05) is 5.56 Å². The minimum Gasteiger partial charge on any atom is -0.268 e. The van der Waals surface area contributed by atoms with E-state index in [0.717, 1.165) is 5.56 Å². The van der Waals surface area contributed by atoms with Crippen LogP contribution in [0.3, 0.4) is 0 Å². The van der Waals surface area contributed by atoms with Crippen LogP contribution in [0.15, 0.2) is 53.4 Å². The molecule has 2 rings (SSSR count). The van der Waals surface area contributed by atoms with Crippen molar-refractivity contribution in [2.75, 3.05) is 0 Å². The zero-order valence-corrected chi connectivity index (χ0v) is 12.2. The van der Waals surface area contributed by atoms with E-state index in [0.29, 0.717) is 0 Å². The topological polar surface area (TPSA) is 63.2 Å². The summed E-state index contributed by atoms with van der Waals surface area (Å²) in [4.78, 5) is 11.8. The number of halogens is 1. The van der Waals surface area contributed by atoms with Gasteiger partial charge < -0.3 is 0 Å². The maximum absolute atomic E-state index is 12.1. The second kappa shape index (κ2) is 5.64. The van der Waals surface area contributed by atoms with Crippen LogP contribution < -0.4 is 4.72 Å². The van der Waals surface area contributed by atoms with Crippen LogP contribution in [0, 0.1) is 6.92 Å². The number of carbonyl (C=O) groups excluding carboxylic acids is 1. The molecule has 104 valence electrons. The van der Waals surface area contributed by atoms with Crippen molar-refractivity contribution in [1.29, 1.82) is 0 Å². The van der Waals surface area contributed by atoms with Crippen LogP contribution in [-0.4, -0.2) is 14.3 Å². The molecule has 0 aliphatic rings. The number of amides is 1. The van der Waals surface area contributed by atoms with Gasteiger partial charge in [0.15, 0.2) is 0 Å². The maximum Gasteiger partial charge on any atom is 0.265 e. The number of aryl methyl sites for hydroxylation is 1. The van der Waals surface area contributed by atoms with Crippen LogP contribution >= 0.6 is 11.6 Å². The van der Waals surface area contributed by atoms with E-state index in [1.54, 1.807) is 24.3 Å². The molecular weight excluding hydrogens is 298 g/mol. The van der Waals surface area contributed by atoms with Crippen molar-refractivity contribution in [2.24, 2.45) is 0 Å². The van der Waals surface area contributed by atoms with Gasteiger partial charge in [-0.15, -0.1) is 0 Å². The Morgan fingerprint density at radius 3 is 2.45 bits per heavy atom. The predicted molar refractivity (Wildman–Crippen MR) is 77.3 cm³/mol. The van der Waals surface area contributed by atoms with Gasteiger partial charge in [0.1, 0.15) is 4.90 Å². The summed E-state index contributed by atoms with van der Waals surface area (Å²) < 4.78 is 26.2. The zero-order chi connectivity index (χ0) is 14.8. The van der Waals surface area contributed by atoms with Crippen LogP contribution in [0.1, 0.15) is 15.9 Å². The SMILES string of the molecule is Cc1cccc(C(=O)NS(=O)(=O)c2ccccc2Cl)c1. The third-order valence-electron chi connectivity index (χ3n) is 2.63. The molecular formula is C14H12ClNO3S. The molecule has 0 bridgehead atoms. The lowest BCUT2D eigenvalue weighted by molar-refractivity contribution is 0.0981. The lowest BCUT2D eigenvalue weighted by Gasteiger charge is -2.08. The molecule has 0 saturated carbocycles. The van der Waals surface area contributed by atoms with Crippen molar-refractivity contribution in [1.82, 2.24) is 4.72 Å². The first-order chi connectivity index (χ1) is 9.40. The van der Waals surface area contributed by atoms with Gasteiger partial charge in [0.05, 0.1) is 5.02 Å². The van der Waals surface area contributed by atoms with Gasteiger partial charge in [-0.1, -0.05) is 41.4 Å². The molecule has 0 atom stereocenters. The molecule has 0 aliphatic carbocycles. The molecule has 0 unspecified atom stereocenters. The van der Waals surface area contributed by atoms with E-state index in [4.69, 9.17) is 11.6 Å². The average Bonchev–Trinajstić information content (AvgIpc) is 2.38. The summed E-state index contributed by atoms with van der Waals surface area (Å²) >= 11 is 5.83. The summed E-state index contributed by atoms with van der Waals surface area (Å²) in [6, 6.07) is 12.6. The quantitative estimate of drug-likeness (QED) is 0.948. The summed E-state index contributed by atoms with van der Waals surface area (Å²) in [7, 11) is -3.98. The number of carbonyl (C=O) groups is 1. The largest absolute Gasteiger partial charge is 0.268 e. The Kier molecular flexibility index (Phi) is 4.11. The number of benzene rings is 2. The number of sulfonamides is 1. The number of nitrogens with one attached hydrogen (secondary N) is 1. The van der Waals surface area contributed by atoms with Gasteiger partial charge in [0.25, 0.3) is 15.9 Å². The van der Waals surface area contributed by atoms with Gasteiger partial charge >= 0.3 is 0 Å². The number of rotatable bonds is 3. The third-order valence-corrected chi connectivity index (χ3v) is 4.46. The van der Waals surface area contributed by atoms with Crippen LogP contribution in [0.5, 0.6) is 0 Å². The van der Waals surface area contributed by atoms with E-state index in [1.807, 2.05) is 17.7 Å². The zero-order valence-electron chi connectivity index (χ0n) is 10.6. The van der Waals surface area contributed by atoms with Crippen LogP contribution in [0.2, 0.25) is 5.02 Å². The molecule has 2 aromatic rings. The smallest absolute Gasteiger partial charge is 0.265 e. The van der Waals surface area contributed by atoms with Crippen molar-refractivity contribution >= 4 is 27.5 Å². The fourth-order valence-electron chi connectivity index (χ4n) is 1.68. The molecule has 0 saturated heterocycles. The molecule has 0 fully saturated rings. The lowest BCUT2D eigenvalue weighted by atomic mass is 10.1. The van der Waals surface area contributed by atoms with Crippen molar-refractivity contribution in [3.8, 4) is 0 Å². The summed E-state index contributed by atoms with van der Waals surface area (Å²) in [6.45, 7) is 1.82. The molecule has 2 aromatic carbocycles. The molecule has 20 heavy (non-hydrogen) atoms. The Balaban J connectivity index is 2.30. The first-order valence-electron chi connectivity index (χ1n) is 5.78. The van der Waals surface area contributed by atoms with Crippen LogP contribution in [0.25, 0.3) is 0 Å². The van der Waals surface area contributed by atoms with E-state index in [1.165, 1.54) is 18.2 Å². The second-order valence-electron chi connectivity index (χ2n) is 4.23. The third kappa shape index (κ3) is 3.18. The van der Waals surface area contributed by atoms with Crippen molar-refractivity contribution in [3.05, 3.63) is 64.7 Å². The number of hydrogen-bond donors (Lipinski definition) is 1. The highest BCUT2D eigenvalue weighted by atomic mass is 35.5. The molecule has 1 N–H and O–H groups in total. The Morgan fingerprint density at radius 2 is 1.80 bits per heavy atom. The van der Waals surface area contributed by atoms with E-state index < -0.39 is 15.9 Å². The first kappa shape index (κ1) is 14.6. The monoisotopic (exact) mass is 309 g/mol. The summed E-state index contributed by atoms with van der Waals surface area (Å²) in [5.41, 5.74) is 1.15. The van der Waals surface area contributed by atoms with Crippen molar-refractivity contribution in [2.45, 2.75) is 11.8 Å². The predicted octanol–water partition coefficient (Wildman–Crippen LogP) is 2.77. The van der Waals surface area contributed by atoms with E-state index in [-0.39, 0.29) is 15.5 Å². The summed E-state index contributed by atoms with van der Waals surface area (Å²) in [6.07, 6.45) is 0. The van der Waals surface area contributed by atoms with Crippen LogP contribution in [-0.2, 0) is 10.0 Å². The molecule has 6 heteroatoms. The minimum atomic E-state index is -3.98. The van der Waals surface area contributed by atoms with Crippen molar-refractivity contribution < 1.29 is 13.2 Å². The Labute approximate surface area is 122 Å². The maximum atomic E-state index is 12.1. The molecule has 0 heterocycles. The Morgan fingerprint density at radius 1 is 1.10 bits per heavy atom. The highest BCUT2D eigenvalue weighted by Crippen LogP contribution is 2.20. The number of hydrogen-bond acceptors (Lipinski definition) is 3. The van der Waals surface area contributed by atoms with Gasteiger partial charge in [0.2, 0.25) is 0 Å². The summed E-state index contributed by atoms with van der Waals surface area (Å²) in [5.74, 6) is -0.686. The average molecular weight is 310 g/mol. The highest BCUT2D eigenvalue weighted by molar-refractivity contribution is 7.90. The lowest BCUT2D eigenvalue weighted by Crippen LogP contribution is -2.30. The van der Waals surface area contributed by atoms with Gasteiger partial charge in [-0.05, 0) is 31.2 Å². The first-order valence-corrected chi connectivity index (χ1v) is 7.64. The fourth-order valence-corrected chi connectivity index (χ4v) is 3.18. The van der Waals surface area contributed by atoms with E-state index in [2.05, 4.69) is 0 Å². The van der Waals surface area contributed by atoms with E-state index >= 15 is 0 Å². The normalized spacial score (nSPS) is 11.1. The highest BCUT2D eigenvalue weighted by Gasteiger charge is 2.21. The Bertz CT molecular complexity index is 757. The standard InChI is InChI=1S/C14H12ClNO3S/c1-10-5-4-6-11(9-10)14(17)16-20(18,19)13-8-3-2-7-12(13)15/h2-9H,1H3,(H,16,17). The molecule has 1 amide bonds. The minimum absolute atomic E-state index is 0.0667. The van der Waals surface area contributed by atoms with Gasteiger partial charge in [-0.25, -0.2) is 13.1 Å². The van der Waals surface area contributed by atoms with Gasteiger partial charge in [-0.3, -0.25) is 4.79 Å². The fraction of sp³-hybridized carbons (Fsp3) is 0.0714. The summed E-state index contributed by atoms with van der Waals surface area (Å²) in [5, 5.41) is 0.0667. The van der Waals surface area contributed by atoms with Gasteiger partial charge in [-0.2, -0.15) is 0 Å².